The average molecular weight is 162 g/mol. The maximum Gasteiger partial charge on any atom is 0.0491 e. The Morgan fingerprint density at radius 2 is 2.17 bits per heavy atom. The SMILES string of the molecule is Cc1ccc2c(c1C)NCC2N. The van der Waals surface area contributed by atoms with Gasteiger partial charge in [0.25, 0.3) is 0 Å². The molecule has 1 aliphatic rings. The van der Waals surface area contributed by atoms with Crippen molar-refractivity contribution in [3.05, 3.63) is 28.8 Å². The molecule has 0 saturated heterocycles. The molecular weight excluding hydrogens is 148 g/mol. The van der Waals surface area contributed by atoms with E-state index in [2.05, 4.69) is 31.3 Å². The summed E-state index contributed by atoms with van der Waals surface area (Å²) in [5.41, 5.74) is 11.1. The Morgan fingerprint density at radius 3 is 2.92 bits per heavy atom. The molecule has 64 valence electrons. The second kappa shape index (κ2) is 2.49. The van der Waals surface area contributed by atoms with E-state index >= 15 is 0 Å². The summed E-state index contributed by atoms with van der Waals surface area (Å²) >= 11 is 0. The standard InChI is InChI=1S/C10H14N2/c1-6-3-4-8-9(11)5-12-10(8)7(6)2/h3-4,9,12H,5,11H2,1-2H3. The number of nitrogens with one attached hydrogen (secondary N) is 1. The van der Waals surface area contributed by atoms with Crippen LogP contribution in [-0.4, -0.2) is 6.54 Å². The lowest BCUT2D eigenvalue weighted by molar-refractivity contribution is 0.808. The lowest BCUT2D eigenvalue weighted by atomic mass is 10.0. The van der Waals surface area contributed by atoms with Crippen LogP contribution in [0.15, 0.2) is 12.1 Å². The zero-order valence-electron chi connectivity index (χ0n) is 7.52. The molecule has 0 fully saturated rings. The van der Waals surface area contributed by atoms with Gasteiger partial charge in [-0.05, 0) is 30.5 Å². The van der Waals surface area contributed by atoms with E-state index in [1.165, 1.54) is 22.4 Å². The number of benzene rings is 1. The summed E-state index contributed by atoms with van der Waals surface area (Å²) in [6.45, 7) is 5.14. The van der Waals surface area contributed by atoms with Gasteiger partial charge in [-0.1, -0.05) is 12.1 Å². The van der Waals surface area contributed by atoms with Crippen LogP contribution in [0, 0.1) is 13.8 Å². The van der Waals surface area contributed by atoms with Crippen LogP contribution in [0.1, 0.15) is 22.7 Å². The van der Waals surface area contributed by atoms with Gasteiger partial charge in [0.05, 0.1) is 0 Å². The van der Waals surface area contributed by atoms with E-state index in [-0.39, 0.29) is 6.04 Å². The van der Waals surface area contributed by atoms with Gasteiger partial charge in [0.1, 0.15) is 0 Å². The first kappa shape index (κ1) is 7.62. The molecule has 1 heterocycles. The summed E-state index contributed by atoms with van der Waals surface area (Å²) in [5.74, 6) is 0. The molecule has 2 nitrogen and oxygen atoms in total. The molecule has 2 rings (SSSR count). The first-order valence-electron chi connectivity index (χ1n) is 4.29. The summed E-state index contributed by atoms with van der Waals surface area (Å²) in [7, 11) is 0. The molecule has 1 aliphatic heterocycles. The van der Waals surface area contributed by atoms with Crippen LogP contribution in [0.4, 0.5) is 5.69 Å². The fourth-order valence-electron chi connectivity index (χ4n) is 1.70. The largest absolute Gasteiger partial charge is 0.383 e. The highest BCUT2D eigenvalue weighted by molar-refractivity contribution is 5.64. The number of fused-ring (bicyclic) bond motifs is 1. The third-order valence-electron chi connectivity index (χ3n) is 2.67. The van der Waals surface area contributed by atoms with Gasteiger partial charge < -0.3 is 11.1 Å². The van der Waals surface area contributed by atoms with Gasteiger partial charge in [0.15, 0.2) is 0 Å². The van der Waals surface area contributed by atoms with Gasteiger partial charge in [-0.25, -0.2) is 0 Å². The molecule has 1 unspecified atom stereocenters. The van der Waals surface area contributed by atoms with Crippen LogP contribution in [0.25, 0.3) is 0 Å². The van der Waals surface area contributed by atoms with Crippen LogP contribution in [0.2, 0.25) is 0 Å². The van der Waals surface area contributed by atoms with E-state index in [1.54, 1.807) is 0 Å². The summed E-state index contributed by atoms with van der Waals surface area (Å²) in [5, 5.41) is 3.33. The third-order valence-corrected chi connectivity index (χ3v) is 2.67. The van der Waals surface area contributed by atoms with E-state index < -0.39 is 0 Å². The highest BCUT2D eigenvalue weighted by Crippen LogP contribution is 2.32. The van der Waals surface area contributed by atoms with Crippen molar-refractivity contribution in [2.45, 2.75) is 19.9 Å². The summed E-state index contributed by atoms with van der Waals surface area (Å²) in [6.07, 6.45) is 0. The summed E-state index contributed by atoms with van der Waals surface area (Å²) in [4.78, 5) is 0. The Balaban J connectivity index is 2.60. The van der Waals surface area contributed by atoms with E-state index in [4.69, 9.17) is 5.73 Å². The predicted molar refractivity (Wildman–Crippen MR) is 51.3 cm³/mol. The Morgan fingerprint density at radius 1 is 1.42 bits per heavy atom. The van der Waals surface area contributed by atoms with Gasteiger partial charge in [-0.2, -0.15) is 0 Å². The zero-order valence-corrected chi connectivity index (χ0v) is 7.52. The highest BCUT2D eigenvalue weighted by Gasteiger charge is 2.19. The van der Waals surface area contributed by atoms with Gasteiger partial charge in [0, 0.05) is 18.3 Å². The third kappa shape index (κ3) is 0.916. The molecule has 0 bridgehead atoms. The van der Waals surface area contributed by atoms with Crippen LogP contribution < -0.4 is 11.1 Å². The molecule has 0 saturated carbocycles. The molecular formula is C10H14N2. The number of anilines is 1. The van der Waals surface area contributed by atoms with Gasteiger partial charge in [0.2, 0.25) is 0 Å². The normalized spacial score (nSPS) is 20.4. The van der Waals surface area contributed by atoms with Gasteiger partial charge >= 0.3 is 0 Å². The minimum atomic E-state index is 0.180. The summed E-state index contributed by atoms with van der Waals surface area (Å²) < 4.78 is 0. The Kier molecular flexibility index (Phi) is 1.58. The van der Waals surface area contributed by atoms with Gasteiger partial charge in [-0.15, -0.1) is 0 Å². The monoisotopic (exact) mass is 162 g/mol. The molecule has 1 atom stereocenters. The van der Waals surface area contributed by atoms with Crippen LogP contribution in [0.5, 0.6) is 0 Å². The topological polar surface area (TPSA) is 38.0 Å². The molecule has 0 spiro atoms. The molecule has 1 aromatic rings. The second-order valence-electron chi connectivity index (χ2n) is 3.46. The van der Waals surface area contributed by atoms with Crippen molar-refractivity contribution in [3.63, 3.8) is 0 Å². The van der Waals surface area contributed by atoms with Crippen molar-refractivity contribution in [2.24, 2.45) is 5.73 Å². The Bertz CT molecular complexity index is 318. The number of hydrogen-bond donors (Lipinski definition) is 2. The van der Waals surface area contributed by atoms with Crippen molar-refractivity contribution in [3.8, 4) is 0 Å². The quantitative estimate of drug-likeness (QED) is 0.609. The molecule has 0 radical (unpaired) electrons. The number of hydrogen-bond acceptors (Lipinski definition) is 2. The van der Waals surface area contributed by atoms with Crippen LogP contribution in [0.3, 0.4) is 0 Å². The molecule has 3 N–H and O–H groups in total. The minimum Gasteiger partial charge on any atom is -0.383 e. The van der Waals surface area contributed by atoms with Crippen molar-refractivity contribution in [2.75, 3.05) is 11.9 Å². The smallest absolute Gasteiger partial charge is 0.0491 e. The fraction of sp³-hybridized carbons (Fsp3) is 0.400. The second-order valence-corrected chi connectivity index (χ2v) is 3.46. The molecule has 12 heavy (non-hydrogen) atoms. The number of rotatable bonds is 0. The number of nitrogens with two attached hydrogens (primary N) is 1. The first-order valence-corrected chi connectivity index (χ1v) is 4.29. The maximum absolute atomic E-state index is 5.90. The Labute approximate surface area is 72.8 Å². The lowest BCUT2D eigenvalue weighted by Crippen LogP contribution is -2.11. The van der Waals surface area contributed by atoms with Crippen molar-refractivity contribution < 1.29 is 0 Å². The average Bonchev–Trinajstić information content (AvgIpc) is 2.41. The zero-order chi connectivity index (χ0) is 8.72. The van der Waals surface area contributed by atoms with Crippen LogP contribution >= 0.6 is 0 Å². The molecule has 0 aromatic heterocycles. The lowest BCUT2D eigenvalue weighted by Gasteiger charge is -2.07. The molecule has 0 aliphatic carbocycles. The first-order chi connectivity index (χ1) is 5.70. The molecule has 2 heteroatoms. The Hall–Kier alpha value is -1.02. The minimum absolute atomic E-state index is 0.180. The predicted octanol–water partition coefficient (Wildman–Crippen LogP) is 1.73. The van der Waals surface area contributed by atoms with Crippen molar-refractivity contribution >= 4 is 5.69 Å². The highest BCUT2D eigenvalue weighted by atomic mass is 15.0. The van der Waals surface area contributed by atoms with Crippen LogP contribution in [-0.2, 0) is 0 Å². The maximum atomic E-state index is 5.90. The van der Waals surface area contributed by atoms with E-state index in [0.717, 1.165) is 6.54 Å². The van der Waals surface area contributed by atoms with Crippen molar-refractivity contribution in [1.29, 1.82) is 0 Å². The number of aryl methyl sites for hydroxylation is 1. The fourth-order valence-corrected chi connectivity index (χ4v) is 1.70. The van der Waals surface area contributed by atoms with Crippen molar-refractivity contribution in [1.82, 2.24) is 0 Å². The van der Waals surface area contributed by atoms with Gasteiger partial charge in [-0.3, -0.25) is 0 Å². The molecule has 0 amide bonds. The molecule has 1 aromatic carbocycles. The van der Waals surface area contributed by atoms with E-state index in [0.29, 0.717) is 0 Å². The van der Waals surface area contributed by atoms with E-state index in [1.807, 2.05) is 0 Å². The summed E-state index contributed by atoms with van der Waals surface area (Å²) in [6, 6.07) is 4.45. The van der Waals surface area contributed by atoms with E-state index in [9.17, 15) is 0 Å².